The summed E-state index contributed by atoms with van der Waals surface area (Å²) < 4.78 is 5.05. The summed E-state index contributed by atoms with van der Waals surface area (Å²) in [5.41, 5.74) is -0.507. The second-order valence-corrected chi connectivity index (χ2v) is 2.88. The zero-order valence-electron chi connectivity index (χ0n) is 8.25. The van der Waals surface area contributed by atoms with Gasteiger partial charge in [0, 0.05) is 6.07 Å². The van der Waals surface area contributed by atoms with Gasteiger partial charge in [-0.15, -0.1) is 0 Å². The molecule has 0 saturated carbocycles. The molecule has 1 rings (SSSR count). The molecule has 0 unspecified atom stereocenters. The van der Waals surface area contributed by atoms with Crippen LogP contribution in [0.15, 0.2) is 30.9 Å². The van der Waals surface area contributed by atoms with E-state index in [2.05, 4.69) is 6.58 Å². The molecular formula is C10H9NO5. The molecule has 0 saturated heterocycles. The van der Waals surface area contributed by atoms with Crippen molar-refractivity contribution in [1.29, 1.82) is 0 Å². The number of carboxylic acid groups (broad SMARTS) is 1. The topological polar surface area (TPSA) is 89.7 Å². The highest BCUT2D eigenvalue weighted by Gasteiger charge is 2.14. The molecule has 1 aromatic carbocycles. The summed E-state index contributed by atoms with van der Waals surface area (Å²) in [6.07, 6.45) is 1.46. The van der Waals surface area contributed by atoms with Crippen LogP contribution in [-0.4, -0.2) is 22.6 Å². The number of nitrogens with zero attached hydrogens (tertiary/aromatic N) is 1. The molecule has 0 aromatic heterocycles. The van der Waals surface area contributed by atoms with Crippen LogP contribution >= 0.6 is 0 Å². The van der Waals surface area contributed by atoms with Gasteiger partial charge in [0.15, 0.2) is 0 Å². The Morgan fingerprint density at radius 3 is 2.75 bits per heavy atom. The summed E-state index contributed by atoms with van der Waals surface area (Å²) in [6, 6.07) is 3.36. The van der Waals surface area contributed by atoms with Gasteiger partial charge in [0.05, 0.1) is 16.6 Å². The maximum absolute atomic E-state index is 10.7. The molecule has 84 valence electrons. The Morgan fingerprint density at radius 2 is 2.25 bits per heavy atom. The number of aromatic carboxylic acids is 1. The van der Waals surface area contributed by atoms with Gasteiger partial charge in [-0.2, -0.15) is 0 Å². The van der Waals surface area contributed by atoms with Gasteiger partial charge in [-0.1, -0.05) is 12.7 Å². The predicted molar refractivity (Wildman–Crippen MR) is 55.7 cm³/mol. The molecule has 6 nitrogen and oxygen atoms in total. The molecule has 0 amide bonds. The van der Waals surface area contributed by atoms with Crippen molar-refractivity contribution in [2.24, 2.45) is 0 Å². The van der Waals surface area contributed by atoms with E-state index in [0.29, 0.717) is 0 Å². The monoisotopic (exact) mass is 223 g/mol. The number of carboxylic acids is 1. The average Bonchev–Trinajstić information content (AvgIpc) is 2.25. The summed E-state index contributed by atoms with van der Waals surface area (Å²) in [5.74, 6) is -1.11. The van der Waals surface area contributed by atoms with E-state index in [0.717, 1.165) is 12.1 Å². The minimum atomic E-state index is -1.24. The Kier molecular flexibility index (Phi) is 3.60. The normalized spacial score (nSPS) is 9.50. The van der Waals surface area contributed by atoms with Gasteiger partial charge in [0.25, 0.3) is 5.69 Å². The Hall–Kier alpha value is -2.37. The second kappa shape index (κ2) is 4.92. The molecule has 1 aromatic rings. The molecule has 0 radical (unpaired) electrons. The van der Waals surface area contributed by atoms with Gasteiger partial charge in [0.2, 0.25) is 0 Å². The van der Waals surface area contributed by atoms with Crippen molar-refractivity contribution in [3.8, 4) is 5.75 Å². The number of non-ortho nitro benzene ring substituents is 1. The lowest BCUT2D eigenvalue weighted by Crippen LogP contribution is -2.01. The van der Waals surface area contributed by atoms with Crippen LogP contribution in [0.3, 0.4) is 0 Å². The van der Waals surface area contributed by atoms with Crippen LogP contribution in [-0.2, 0) is 0 Å². The molecule has 0 aliphatic rings. The minimum absolute atomic E-state index is 0.131. The summed E-state index contributed by atoms with van der Waals surface area (Å²) in [7, 11) is 0. The first-order chi connectivity index (χ1) is 7.54. The number of carbonyl (C=O) groups is 1. The van der Waals surface area contributed by atoms with E-state index in [9.17, 15) is 14.9 Å². The standard InChI is InChI=1S/C10H9NO5/c1-2-3-16-9-5-7(10(12)13)4-8(6-9)11(14)15/h2,4-6H,1,3H2,(H,12,13). The van der Waals surface area contributed by atoms with E-state index in [1.54, 1.807) is 0 Å². The number of nitro groups is 1. The largest absolute Gasteiger partial charge is 0.489 e. The summed E-state index contributed by atoms with van der Waals surface area (Å²) in [4.78, 5) is 20.6. The Balaban J connectivity index is 3.13. The van der Waals surface area contributed by atoms with Crippen molar-refractivity contribution in [1.82, 2.24) is 0 Å². The van der Waals surface area contributed by atoms with Crippen LogP contribution in [0, 0.1) is 10.1 Å². The highest BCUT2D eigenvalue weighted by Crippen LogP contribution is 2.22. The zero-order valence-corrected chi connectivity index (χ0v) is 8.25. The Bertz CT molecular complexity index is 409. The van der Waals surface area contributed by atoms with Crippen LogP contribution < -0.4 is 4.74 Å². The highest BCUT2D eigenvalue weighted by atomic mass is 16.6. The van der Waals surface area contributed by atoms with Crippen LogP contribution in [0.1, 0.15) is 10.4 Å². The Labute approximate surface area is 90.9 Å². The van der Waals surface area contributed by atoms with E-state index in [4.69, 9.17) is 9.84 Å². The smallest absolute Gasteiger partial charge is 0.336 e. The van der Waals surface area contributed by atoms with Crippen LogP contribution in [0.2, 0.25) is 0 Å². The zero-order chi connectivity index (χ0) is 12.1. The van der Waals surface area contributed by atoms with E-state index < -0.39 is 10.9 Å². The maximum Gasteiger partial charge on any atom is 0.336 e. The predicted octanol–water partition coefficient (Wildman–Crippen LogP) is 1.86. The molecule has 0 atom stereocenters. The van der Waals surface area contributed by atoms with Crippen molar-refractivity contribution in [3.05, 3.63) is 46.5 Å². The molecule has 1 N–H and O–H groups in total. The third-order valence-electron chi connectivity index (χ3n) is 1.72. The van der Waals surface area contributed by atoms with Crippen LogP contribution in [0.25, 0.3) is 0 Å². The fourth-order valence-corrected chi connectivity index (χ4v) is 1.05. The lowest BCUT2D eigenvalue weighted by Gasteiger charge is -2.04. The summed E-state index contributed by atoms with van der Waals surface area (Å²) >= 11 is 0. The van der Waals surface area contributed by atoms with Gasteiger partial charge >= 0.3 is 5.97 Å². The van der Waals surface area contributed by atoms with E-state index >= 15 is 0 Å². The molecule has 6 heteroatoms. The van der Waals surface area contributed by atoms with Crippen LogP contribution in [0.4, 0.5) is 5.69 Å². The first-order valence-corrected chi connectivity index (χ1v) is 4.31. The lowest BCUT2D eigenvalue weighted by atomic mass is 10.2. The number of rotatable bonds is 5. The molecule has 0 spiro atoms. The van der Waals surface area contributed by atoms with Gasteiger partial charge in [0.1, 0.15) is 12.4 Å². The average molecular weight is 223 g/mol. The maximum atomic E-state index is 10.7. The molecule has 16 heavy (non-hydrogen) atoms. The number of benzene rings is 1. The van der Waals surface area contributed by atoms with E-state index in [-0.39, 0.29) is 23.6 Å². The minimum Gasteiger partial charge on any atom is -0.489 e. The van der Waals surface area contributed by atoms with Crippen molar-refractivity contribution in [3.63, 3.8) is 0 Å². The molecule has 0 fully saturated rings. The first kappa shape index (κ1) is 11.7. The number of ether oxygens (including phenoxy) is 1. The van der Waals surface area contributed by atoms with Gasteiger partial charge in [-0.05, 0) is 6.07 Å². The van der Waals surface area contributed by atoms with Gasteiger partial charge < -0.3 is 9.84 Å². The Morgan fingerprint density at radius 1 is 1.56 bits per heavy atom. The molecule has 0 aliphatic carbocycles. The molecular weight excluding hydrogens is 214 g/mol. The van der Waals surface area contributed by atoms with Gasteiger partial charge in [-0.3, -0.25) is 10.1 Å². The first-order valence-electron chi connectivity index (χ1n) is 4.31. The number of hydrogen-bond donors (Lipinski definition) is 1. The van der Waals surface area contributed by atoms with Crippen molar-refractivity contribution >= 4 is 11.7 Å². The SMILES string of the molecule is C=CCOc1cc(C(=O)O)cc([N+](=O)[O-])c1. The third-order valence-corrected chi connectivity index (χ3v) is 1.72. The lowest BCUT2D eigenvalue weighted by molar-refractivity contribution is -0.385. The second-order valence-electron chi connectivity index (χ2n) is 2.88. The summed E-state index contributed by atoms with van der Waals surface area (Å²) in [6.45, 7) is 3.57. The molecule has 0 aliphatic heterocycles. The van der Waals surface area contributed by atoms with Crippen LogP contribution in [0.5, 0.6) is 5.75 Å². The number of hydrogen-bond acceptors (Lipinski definition) is 4. The molecule has 0 bridgehead atoms. The molecule has 0 heterocycles. The highest BCUT2D eigenvalue weighted by molar-refractivity contribution is 5.89. The van der Waals surface area contributed by atoms with Crippen molar-refractivity contribution in [2.75, 3.05) is 6.61 Å². The fourth-order valence-electron chi connectivity index (χ4n) is 1.05. The quantitative estimate of drug-likeness (QED) is 0.467. The summed E-state index contributed by atoms with van der Waals surface area (Å²) in [5, 5.41) is 19.3. The number of nitro benzene ring substituents is 1. The van der Waals surface area contributed by atoms with Crippen molar-refractivity contribution < 1.29 is 19.6 Å². The van der Waals surface area contributed by atoms with Gasteiger partial charge in [-0.25, -0.2) is 4.79 Å². The van der Waals surface area contributed by atoms with Crippen molar-refractivity contribution in [2.45, 2.75) is 0 Å². The third kappa shape index (κ3) is 2.81. The fraction of sp³-hybridized carbons (Fsp3) is 0.100. The van der Waals surface area contributed by atoms with E-state index in [1.165, 1.54) is 12.1 Å². The van der Waals surface area contributed by atoms with E-state index in [1.807, 2.05) is 0 Å².